The van der Waals surface area contributed by atoms with Crippen LogP contribution >= 0.6 is 0 Å². The molecule has 25 heavy (non-hydrogen) atoms. The van der Waals surface area contributed by atoms with Gasteiger partial charge in [0, 0.05) is 25.2 Å². The molecule has 134 valence electrons. The van der Waals surface area contributed by atoms with E-state index in [1.165, 1.54) is 0 Å². The van der Waals surface area contributed by atoms with Gasteiger partial charge in [-0.2, -0.15) is 0 Å². The van der Waals surface area contributed by atoms with Gasteiger partial charge in [-0.05, 0) is 37.6 Å². The molecular formula is C20H25NO4. The van der Waals surface area contributed by atoms with Crippen molar-refractivity contribution in [3.8, 4) is 17.2 Å². The topological polar surface area (TPSA) is 51.2 Å². The van der Waals surface area contributed by atoms with Crippen LogP contribution in [0.2, 0.25) is 0 Å². The van der Waals surface area contributed by atoms with Crippen molar-refractivity contribution in [3.05, 3.63) is 53.6 Å². The lowest BCUT2D eigenvalue weighted by Crippen LogP contribution is -2.30. The van der Waals surface area contributed by atoms with E-state index in [0.717, 1.165) is 28.4 Å². The van der Waals surface area contributed by atoms with Crippen LogP contribution in [0.15, 0.2) is 42.5 Å². The molecule has 0 saturated heterocycles. The summed E-state index contributed by atoms with van der Waals surface area (Å²) in [4.78, 5) is 2.21. The highest BCUT2D eigenvalue weighted by atomic mass is 16.7. The molecular weight excluding hydrogens is 318 g/mol. The van der Waals surface area contributed by atoms with Crippen molar-refractivity contribution in [2.75, 3.05) is 19.9 Å². The summed E-state index contributed by atoms with van der Waals surface area (Å²) in [5, 5.41) is 9.89. The van der Waals surface area contributed by atoms with E-state index in [-0.39, 0.29) is 6.79 Å². The first-order valence-corrected chi connectivity index (χ1v) is 8.65. The molecule has 0 bridgehead atoms. The van der Waals surface area contributed by atoms with Gasteiger partial charge < -0.3 is 19.3 Å². The summed E-state index contributed by atoms with van der Waals surface area (Å²) in [5.74, 6) is 2.46. The van der Waals surface area contributed by atoms with Crippen LogP contribution in [0, 0.1) is 0 Å². The second kappa shape index (κ2) is 8.23. The number of hydrogen-bond donors (Lipinski definition) is 1. The van der Waals surface area contributed by atoms with E-state index < -0.39 is 6.10 Å². The van der Waals surface area contributed by atoms with E-state index in [1.54, 1.807) is 6.92 Å². The smallest absolute Gasteiger partial charge is 0.231 e. The summed E-state index contributed by atoms with van der Waals surface area (Å²) in [7, 11) is 0. The van der Waals surface area contributed by atoms with Crippen molar-refractivity contribution in [1.29, 1.82) is 0 Å². The van der Waals surface area contributed by atoms with Gasteiger partial charge in [-0.3, -0.25) is 4.90 Å². The van der Waals surface area contributed by atoms with E-state index in [1.807, 2.05) is 43.3 Å². The highest BCUT2D eigenvalue weighted by Crippen LogP contribution is 2.33. The molecule has 0 amide bonds. The maximum Gasteiger partial charge on any atom is 0.231 e. The molecule has 2 aromatic carbocycles. The molecule has 1 N–H and O–H groups in total. The Bertz CT molecular complexity index is 702. The van der Waals surface area contributed by atoms with Gasteiger partial charge in [-0.25, -0.2) is 0 Å². The van der Waals surface area contributed by atoms with Crippen LogP contribution in [0.1, 0.15) is 25.0 Å². The van der Waals surface area contributed by atoms with Crippen LogP contribution in [-0.4, -0.2) is 36.1 Å². The first kappa shape index (κ1) is 17.6. The number of aliphatic hydroxyl groups is 1. The third kappa shape index (κ3) is 4.65. The Morgan fingerprint density at radius 1 is 1.12 bits per heavy atom. The molecule has 5 nitrogen and oxygen atoms in total. The molecule has 1 aliphatic heterocycles. The van der Waals surface area contributed by atoms with E-state index in [2.05, 4.69) is 11.0 Å². The Kier molecular flexibility index (Phi) is 5.79. The lowest BCUT2D eigenvalue weighted by atomic mass is 10.1. The van der Waals surface area contributed by atoms with Gasteiger partial charge in [-0.15, -0.1) is 0 Å². The molecule has 1 atom stereocenters. The summed E-state index contributed by atoms with van der Waals surface area (Å²) in [5.41, 5.74) is 2.24. The first-order chi connectivity index (χ1) is 12.2. The molecule has 5 heteroatoms. The van der Waals surface area contributed by atoms with Crippen molar-refractivity contribution in [2.45, 2.75) is 33.0 Å². The van der Waals surface area contributed by atoms with Crippen LogP contribution in [0.5, 0.6) is 17.2 Å². The minimum Gasteiger partial charge on any atom is -0.494 e. The number of benzene rings is 2. The summed E-state index contributed by atoms with van der Waals surface area (Å²) in [6.07, 6.45) is -0.409. The minimum atomic E-state index is -0.409. The predicted octanol–water partition coefficient (Wildman–Crippen LogP) is 3.20. The highest BCUT2D eigenvalue weighted by Gasteiger charge is 2.16. The minimum absolute atomic E-state index is 0.276. The van der Waals surface area contributed by atoms with Gasteiger partial charge in [0.05, 0.1) is 12.7 Å². The number of ether oxygens (including phenoxy) is 3. The molecule has 0 radical (unpaired) electrons. The molecule has 1 aliphatic rings. The van der Waals surface area contributed by atoms with Crippen LogP contribution in [0.25, 0.3) is 0 Å². The van der Waals surface area contributed by atoms with E-state index in [9.17, 15) is 5.11 Å². The average molecular weight is 343 g/mol. The number of aliphatic hydroxyl groups excluding tert-OH is 1. The second-order valence-corrected chi connectivity index (χ2v) is 6.25. The van der Waals surface area contributed by atoms with Gasteiger partial charge in [0.1, 0.15) is 5.75 Å². The maximum absolute atomic E-state index is 9.89. The Morgan fingerprint density at radius 3 is 2.72 bits per heavy atom. The molecule has 0 spiro atoms. The Labute approximate surface area is 148 Å². The Balaban J connectivity index is 1.76. The third-order valence-corrected chi connectivity index (χ3v) is 4.03. The quantitative estimate of drug-likeness (QED) is 0.798. The largest absolute Gasteiger partial charge is 0.494 e. The lowest BCUT2D eigenvalue weighted by molar-refractivity contribution is 0.117. The molecule has 1 unspecified atom stereocenters. The van der Waals surface area contributed by atoms with E-state index >= 15 is 0 Å². The average Bonchev–Trinajstić information content (AvgIpc) is 3.04. The van der Waals surface area contributed by atoms with Crippen molar-refractivity contribution in [3.63, 3.8) is 0 Å². The summed E-state index contributed by atoms with van der Waals surface area (Å²) >= 11 is 0. The highest BCUT2D eigenvalue weighted by molar-refractivity contribution is 5.44. The molecule has 1 heterocycles. The van der Waals surface area contributed by atoms with Gasteiger partial charge in [0.25, 0.3) is 0 Å². The summed E-state index contributed by atoms with van der Waals surface area (Å²) in [6.45, 7) is 6.69. The standard InChI is InChI=1S/C20H25NO4/c1-3-23-18-7-5-4-6-17(18)13-21(11-15(2)22)12-16-8-9-19-20(10-16)25-14-24-19/h4-10,15,22H,3,11-14H2,1-2H3. The molecule has 2 aromatic rings. The zero-order valence-electron chi connectivity index (χ0n) is 14.8. The molecule has 0 fully saturated rings. The van der Waals surface area contributed by atoms with E-state index in [0.29, 0.717) is 26.2 Å². The van der Waals surface area contributed by atoms with Crippen LogP contribution in [0.4, 0.5) is 0 Å². The normalized spacial score (nSPS) is 13.9. The van der Waals surface area contributed by atoms with E-state index in [4.69, 9.17) is 14.2 Å². The monoisotopic (exact) mass is 343 g/mol. The van der Waals surface area contributed by atoms with Crippen LogP contribution in [0.3, 0.4) is 0 Å². The number of fused-ring (bicyclic) bond motifs is 1. The fourth-order valence-corrected chi connectivity index (χ4v) is 3.03. The fraction of sp³-hybridized carbons (Fsp3) is 0.400. The molecule has 0 aliphatic carbocycles. The van der Waals surface area contributed by atoms with Crippen LogP contribution in [-0.2, 0) is 13.1 Å². The Morgan fingerprint density at radius 2 is 1.92 bits per heavy atom. The fourth-order valence-electron chi connectivity index (χ4n) is 3.03. The van der Waals surface area contributed by atoms with Crippen molar-refractivity contribution >= 4 is 0 Å². The first-order valence-electron chi connectivity index (χ1n) is 8.65. The number of hydrogen-bond acceptors (Lipinski definition) is 5. The molecule has 3 rings (SSSR count). The number of rotatable bonds is 8. The maximum atomic E-state index is 9.89. The van der Waals surface area contributed by atoms with Gasteiger partial charge in [0.15, 0.2) is 11.5 Å². The van der Waals surface area contributed by atoms with Crippen molar-refractivity contribution in [1.82, 2.24) is 4.90 Å². The SMILES string of the molecule is CCOc1ccccc1CN(Cc1ccc2c(c1)OCO2)CC(C)O. The van der Waals surface area contributed by atoms with Crippen molar-refractivity contribution < 1.29 is 19.3 Å². The third-order valence-electron chi connectivity index (χ3n) is 4.03. The van der Waals surface area contributed by atoms with Gasteiger partial charge >= 0.3 is 0 Å². The van der Waals surface area contributed by atoms with Crippen molar-refractivity contribution in [2.24, 2.45) is 0 Å². The number of nitrogens with zero attached hydrogens (tertiary/aromatic N) is 1. The van der Waals surface area contributed by atoms with Crippen LogP contribution < -0.4 is 14.2 Å². The second-order valence-electron chi connectivity index (χ2n) is 6.25. The summed E-state index contributed by atoms with van der Waals surface area (Å²) in [6, 6.07) is 14.0. The number of para-hydroxylation sites is 1. The Hall–Kier alpha value is -2.24. The molecule has 0 saturated carbocycles. The van der Waals surface area contributed by atoms with Gasteiger partial charge in [-0.1, -0.05) is 24.3 Å². The zero-order chi connectivity index (χ0) is 17.6. The zero-order valence-corrected chi connectivity index (χ0v) is 14.8. The van der Waals surface area contributed by atoms with Gasteiger partial charge in [0.2, 0.25) is 6.79 Å². The summed E-state index contributed by atoms with van der Waals surface area (Å²) < 4.78 is 16.6. The lowest BCUT2D eigenvalue weighted by Gasteiger charge is -2.25. The molecule has 0 aromatic heterocycles. The predicted molar refractivity (Wildman–Crippen MR) is 96.0 cm³/mol.